The molecule has 9 radical (unpaired) electrons. The molecule has 3 rings (SSSR count). The molecule has 0 spiro atoms. The van der Waals surface area contributed by atoms with Crippen molar-refractivity contribution in [2.24, 2.45) is 0 Å². The minimum atomic E-state index is -1.53. The number of hydrogen-bond donors (Lipinski definition) is 1. The van der Waals surface area contributed by atoms with Crippen LogP contribution in [-0.4, -0.2) is 56.6 Å². The lowest BCUT2D eigenvalue weighted by molar-refractivity contribution is -0.195. The number of nitrogens with one attached hydrogen (secondary N) is 1. The summed E-state index contributed by atoms with van der Waals surface area (Å²) in [6.07, 6.45) is 0. The molecule has 0 heterocycles. The van der Waals surface area contributed by atoms with Gasteiger partial charge in [0, 0.05) is 5.57 Å². The van der Waals surface area contributed by atoms with Crippen LogP contribution in [0, 0.1) is 41.5 Å². The van der Waals surface area contributed by atoms with Gasteiger partial charge in [0.05, 0.1) is 0 Å². The molecule has 0 saturated carbocycles. The number of hydrogen-bond acceptors (Lipinski definition) is 4. The Morgan fingerprint density at radius 1 is 0.725 bits per heavy atom. The average molecular weight is 599 g/mol. The highest BCUT2D eigenvalue weighted by Gasteiger charge is 2.49. The van der Waals surface area contributed by atoms with Gasteiger partial charge in [-0.2, -0.15) is 0 Å². The molecule has 3 aromatic carbocycles. The van der Waals surface area contributed by atoms with Gasteiger partial charge >= 0.3 is 0 Å². The topological polar surface area (TPSA) is 56.8 Å². The molecule has 3 aromatic rings. The lowest BCUT2D eigenvalue weighted by Crippen LogP contribution is -2.69. The molecule has 0 fully saturated rings. The fourth-order valence-corrected chi connectivity index (χ4v) is 7.36. The molecule has 40 heavy (non-hydrogen) atoms. The van der Waals surface area contributed by atoms with Crippen LogP contribution in [0.3, 0.4) is 0 Å². The van der Waals surface area contributed by atoms with E-state index < -0.39 is 11.1 Å². The lowest BCUT2D eigenvalue weighted by Gasteiger charge is -2.46. The first-order valence-electron chi connectivity index (χ1n) is 13.0. The molecule has 0 saturated heterocycles. The van der Waals surface area contributed by atoms with Crippen molar-refractivity contribution in [3.63, 3.8) is 0 Å². The Bertz CT molecular complexity index is 1340. The van der Waals surface area contributed by atoms with Crippen LogP contribution in [0.4, 0.5) is 0 Å². The molecule has 1 unspecified atom stereocenters. The molecular weight excluding hydrogens is 563 g/mol. The minimum absolute atomic E-state index is 0.0575. The molecule has 5 nitrogen and oxygen atoms in total. The number of aryl methyl sites for hydroxylation is 3. The Morgan fingerprint density at radius 3 is 1.43 bits per heavy atom. The molecule has 1 amide bonds. The summed E-state index contributed by atoms with van der Waals surface area (Å²) in [5.74, 6) is -1.80. The summed E-state index contributed by atoms with van der Waals surface area (Å²) in [5, 5.41) is 4.59. The van der Waals surface area contributed by atoms with Crippen LogP contribution in [-0.2, 0) is 18.1 Å². The standard InChI is InChI=1S/C31H36NO4Si4/c1-19(2)29(33)32-31(37,36-40-28-18-12-15-22(5)25(28)8)30(9,34-38-26-16-10-13-20(3)23(26)6)35-39-27-17-11-14-21(4)24(27)7/h10-18H,1H2,2-9H3,(H,32,33). The number of benzene rings is 3. The van der Waals surface area contributed by atoms with Gasteiger partial charge in [-0.05, 0) is 104 Å². The highest BCUT2D eigenvalue weighted by atomic mass is 28.2. The van der Waals surface area contributed by atoms with E-state index in [0.717, 1.165) is 32.3 Å². The predicted molar refractivity (Wildman–Crippen MR) is 167 cm³/mol. The van der Waals surface area contributed by atoms with Gasteiger partial charge in [-0.1, -0.05) is 61.2 Å². The molecule has 0 aromatic heterocycles. The summed E-state index contributed by atoms with van der Waals surface area (Å²) in [7, 11) is 3.62. The summed E-state index contributed by atoms with van der Waals surface area (Å²) in [5.41, 5.74) is 7.33. The van der Waals surface area contributed by atoms with Crippen molar-refractivity contribution in [2.75, 3.05) is 0 Å². The molecule has 1 N–H and O–H groups in total. The van der Waals surface area contributed by atoms with E-state index in [-0.39, 0.29) is 35.2 Å². The van der Waals surface area contributed by atoms with Crippen LogP contribution in [0.1, 0.15) is 47.2 Å². The van der Waals surface area contributed by atoms with Crippen LogP contribution in [0.15, 0.2) is 66.7 Å². The third-order valence-corrected chi connectivity index (χ3v) is 11.7. The Balaban J connectivity index is 2.03. The van der Waals surface area contributed by atoms with Crippen molar-refractivity contribution in [3.8, 4) is 0 Å². The van der Waals surface area contributed by atoms with Crippen LogP contribution in [0.25, 0.3) is 0 Å². The third-order valence-electron chi connectivity index (χ3n) is 7.16. The van der Waals surface area contributed by atoms with Crippen molar-refractivity contribution in [2.45, 2.75) is 66.5 Å². The van der Waals surface area contributed by atoms with Gasteiger partial charge in [-0.15, -0.1) is 0 Å². The molecule has 9 heteroatoms. The van der Waals surface area contributed by atoms with E-state index in [9.17, 15) is 4.79 Å². The van der Waals surface area contributed by atoms with E-state index in [1.165, 1.54) is 16.7 Å². The second kappa shape index (κ2) is 13.5. The van der Waals surface area contributed by atoms with E-state index in [4.69, 9.17) is 13.3 Å². The maximum absolute atomic E-state index is 13.1. The maximum atomic E-state index is 13.1. The van der Waals surface area contributed by atoms with Gasteiger partial charge in [0.2, 0.25) is 5.91 Å². The van der Waals surface area contributed by atoms with Gasteiger partial charge in [0.15, 0.2) is 11.1 Å². The zero-order valence-electron chi connectivity index (χ0n) is 24.5. The Hall–Kier alpha value is -2.38. The van der Waals surface area contributed by atoms with Gasteiger partial charge in [0.1, 0.15) is 10.2 Å². The smallest absolute Gasteiger partial charge is 0.273 e. The Morgan fingerprint density at radius 2 is 1.07 bits per heavy atom. The van der Waals surface area contributed by atoms with Gasteiger partial charge < -0.3 is 18.6 Å². The minimum Gasteiger partial charge on any atom is -0.389 e. The van der Waals surface area contributed by atoms with Gasteiger partial charge in [-0.3, -0.25) is 4.79 Å². The lowest BCUT2D eigenvalue weighted by atomic mass is 10.1. The molecular formula is C31H36NO4Si4. The van der Waals surface area contributed by atoms with E-state index in [1.807, 2.05) is 31.2 Å². The molecule has 0 bridgehead atoms. The third kappa shape index (κ3) is 7.46. The van der Waals surface area contributed by atoms with Crippen molar-refractivity contribution < 1.29 is 18.1 Å². The van der Waals surface area contributed by atoms with Gasteiger partial charge in [0.25, 0.3) is 29.3 Å². The second-order valence-electron chi connectivity index (χ2n) is 10.2. The summed E-state index contributed by atoms with van der Waals surface area (Å²) in [6.45, 7) is 19.8. The summed E-state index contributed by atoms with van der Waals surface area (Å²) in [6, 6.07) is 18.4. The quantitative estimate of drug-likeness (QED) is 0.198. The number of amides is 1. The average Bonchev–Trinajstić information content (AvgIpc) is 2.91. The monoisotopic (exact) mass is 598 g/mol. The predicted octanol–water partition coefficient (Wildman–Crippen LogP) is 2.95. The number of carbonyl (C=O) groups excluding carboxylic acids is 1. The SMILES string of the molecule is C=C(C)C(=O)NC([Si])(O[Si]c1cccc(C)c1C)C(C)(O[Si]c1cccc(C)c1C)O[Si]c1cccc(C)c1C. The number of rotatable bonds is 12. The van der Waals surface area contributed by atoms with Crippen LogP contribution >= 0.6 is 0 Å². The first kappa shape index (κ1) is 32.1. The first-order valence-corrected chi connectivity index (χ1v) is 16.2. The van der Waals surface area contributed by atoms with Crippen LogP contribution in [0.2, 0.25) is 0 Å². The normalized spacial score (nSPS) is 13.1. The molecule has 205 valence electrons. The Labute approximate surface area is 250 Å². The van der Waals surface area contributed by atoms with E-state index >= 15 is 0 Å². The van der Waals surface area contributed by atoms with E-state index in [2.05, 4.69) is 94.0 Å². The van der Waals surface area contributed by atoms with Crippen molar-refractivity contribution in [1.29, 1.82) is 0 Å². The fourth-order valence-electron chi connectivity index (χ4n) is 3.68. The highest BCUT2D eigenvalue weighted by molar-refractivity contribution is 6.50. The van der Waals surface area contributed by atoms with Crippen molar-refractivity contribution in [3.05, 3.63) is 100 Å². The van der Waals surface area contributed by atoms with Crippen molar-refractivity contribution >= 4 is 61.0 Å². The van der Waals surface area contributed by atoms with Crippen LogP contribution < -0.4 is 20.9 Å². The maximum Gasteiger partial charge on any atom is 0.273 e. The Kier molecular flexibility index (Phi) is 10.9. The number of carbonyl (C=O) groups is 1. The van der Waals surface area contributed by atoms with E-state index in [0.29, 0.717) is 5.57 Å². The first-order chi connectivity index (χ1) is 18.8. The summed E-state index contributed by atoms with van der Waals surface area (Å²) in [4.78, 5) is 13.1. The summed E-state index contributed by atoms with van der Waals surface area (Å²) >= 11 is 0. The van der Waals surface area contributed by atoms with Crippen molar-refractivity contribution in [1.82, 2.24) is 5.32 Å². The zero-order valence-corrected chi connectivity index (χ0v) is 28.5. The van der Waals surface area contributed by atoms with Gasteiger partial charge in [-0.25, -0.2) is 0 Å². The second-order valence-corrected chi connectivity index (χ2v) is 13.8. The molecule has 1 atom stereocenters. The fraction of sp³-hybridized carbons (Fsp3) is 0.323. The highest BCUT2D eigenvalue weighted by Crippen LogP contribution is 2.27. The summed E-state index contributed by atoms with van der Waals surface area (Å²) < 4.78 is 19.8. The molecule has 0 aliphatic carbocycles. The van der Waals surface area contributed by atoms with Crippen LogP contribution in [0.5, 0.6) is 0 Å². The zero-order chi connectivity index (χ0) is 29.7. The molecule has 0 aliphatic heterocycles. The molecule has 0 aliphatic rings. The largest absolute Gasteiger partial charge is 0.389 e. The van der Waals surface area contributed by atoms with E-state index in [1.54, 1.807) is 6.92 Å².